The molecule has 26 heavy (non-hydrogen) atoms. The third-order valence-corrected chi connectivity index (χ3v) is 5.05. The number of piperazine rings is 1. The van der Waals surface area contributed by atoms with E-state index in [9.17, 15) is 9.59 Å². The van der Waals surface area contributed by atoms with E-state index in [-0.39, 0.29) is 24.3 Å². The van der Waals surface area contributed by atoms with Crippen molar-refractivity contribution in [3.63, 3.8) is 0 Å². The number of amides is 2. The number of rotatable bonds is 2. The predicted octanol–water partition coefficient (Wildman–Crippen LogP) is 1.50. The van der Waals surface area contributed by atoms with Crippen molar-refractivity contribution >= 4 is 29.1 Å². The van der Waals surface area contributed by atoms with Crippen molar-refractivity contribution < 1.29 is 14.3 Å². The highest BCUT2D eigenvalue weighted by molar-refractivity contribution is 6.30. The molecule has 2 amide bonds. The molecular formula is C18H19ClN4O3. The van der Waals surface area contributed by atoms with E-state index >= 15 is 0 Å². The summed E-state index contributed by atoms with van der Waals surface area (Å²) in [5.41, 5.74) is 1.69. The van der Waals surface area contributed by atoms with E-state index in [0.717, 1.165) is 17.0 Å². The summed E-state index contributed by atoms with van der Waals surface area (Å²) in [6, 6.07) is 5.44. The maximum atomic E-state index is 12.9. The van der Waals surface area contributed by atoms with Gasteiger partial charge in [-0.25, -0.2) is 0 Å². The van der Waals surface area contributed by atoms with Gasteiger partial charge in [0.2, 0.25) is 11.8 Å². The molecule has 2 aliphatic heterocycles. The fourth-order valence-corrected chi connectivity index (χ4v) is 3.66. The quantitative estimate of drug-likeness (QED) is 0.799. The standard InChI is InChI=1S/C18H19ClN4O3/c1-21-9-15(8-20-21)23-5-4-22(10-17(23)24)18(25)13-6-12-7-14(19)2-3-16(12)26-11-13/h2-3,7-9,13H,4-6,10-11H2,1H3. The van der Waals surface area contributed by atoms with E-state index in [1.54, 1.807) is 40.0 Å². The average molecular weight is 375 g/mol. The van der Waals surface area contributed by atoms with Crippen LogP contribution in [0.25, 0.3) is 0 Å². The fraction of sp³-hybridized carbons (Fsp3) is 0.389. The molecule has 0 aliphatic carbocycles. The maximum Gasteiger partial charge on any atom is 0.246 e. The van der Waals surface area contributed by atoms with E-state index in [4.69, 9.17) is 16.3 Å². The third kappa shape index (κ3) is 3.14. The number of hydrogen-bond donors (Lipinski definition) is 0. The smallest absolute Gasteiger partial charge is 0.246 e. The molecule has 0 radical (unpaired) electrons. The number of fused-ring (bicyclic) bond motifs is 1. The molecule has 2 aliphatic rings. The lowest BCUT2D eigenvalue weighted by atomic mass is 9.95. The Morgan fingerprint density at radius 2 is 2.19 bits per heavy atom. The number of anilines is 1. The number of halogens is 1. The molecule has 3 heterocycles. The zero-order valence-electron chi connectivity index (χ0n) is 14.4. The first-order valence-electron chi connectivity index (χ1n) is 8.50. The summed E-state index contributed by atoms with van der Waals surface area (Å²) in [6.07, 6.45) is 4.03. The van der Waals surface area contributed by atoms with Gasteiger partial charge in [-0.1, -0.05) is 11.6 Å². The molecule has 0 spiro atoms. The average Bonchev–Trinajstić information content (AvgIpc) is 3.06. The first-order chi connectivity index (χ1) is 12.5. The fourth-order valence-electron chi connectivity index (χ4n) is 3.46. The minimum absolute atomic E-state index is 0.0465. The zero-order chi connectivity index (χ0) is 18.3. The van der Waals surface area contributed by atoms with E-state index in [1.165, 1.54) is 0 Å². The summed E-state index contributed by atoms with van der Waals surface area (Å²) < 4.78 is 7.37. The molecule has 1 fully saturated rings. The summed E-state index contributed by atoms with van der Waals surface area (Å²) in [5, 5.41) is 4.72. The monoisotopic (exact) mass is 374 g/mol. The Labute approximate surface area is 156 Å². The van der Waals surface area contributed by atoms with Gasteiger partial charge >= 0.3 is 0 Å². The maximum absolute atomic E-state index is 12.9. The van der Waals surface area contributed by atoms with Crippen LogP contribution in [0.3, 0.4) is 0 Å². The molecule has 0 N–H and O–H groups in total. The Hall–Kier alpha value is -2.54. The Kier molecular flexibility index (Phi) is 4.32. The number of ether oxygens (including phenoxy) is 1. The van der Waals surface area contributed by atoms with Gasteiger partial charge in [0.05, 0.1) is 17.8 Å². The highest BCUT2D eigenvalue weighted by Crippen LogP contribution is 2.30. The largest absolute Gasteiger partial charge is 0.492 e. The summed E-state index contributed by atoms with van der Waals surface area (Å²) in [5.74, 6) is 0.335. The molecule has 1 aromatic heterocycles. The number of nitrogens with zero attached hydrogens (tertiary/aromatic N) is 4. The predicted molar refractivity (Wildman–Crippen MR) is 96.3 cm³/mol. The van der Waals surface area contributed by atoms with Gasteiger partial charge in [-0.3, -0.25) is 14.3 Å². The second-order valence-electron chi connectivity index (χ2n) is 6.64. The van der Waals surface area contributed by atoms with Crippen molar-refractivity contribution in [3.8, 4) is 5.75 Å². The molecule has 1 saturated heterocycles. The SMILES string of the molecule is Cn1cc(N2CCN(C(=O)C3COc4ccc(Cl)cc4C3)CC2=O)cn1. The Balaban J connectivity index is 1.43. The third-order valence-electron chi connectivity index (χ3n) is 4.81. The lowest BCUT2D eigenvalue weighted by Gasteiger charge is -2.36. The van der Waals surface area contributed by atoms with Gasteiger partial charge < -0.3 is 14.5 Å². The van der Waals surface area contributed by atoms with E-state index in [0.29, 0.717) is 31.1 Å². The van der Waals surface area contributed by atoms with Gasteiger partial charge in [0, 0.05) is 31.4 Å². The first kappa shape index (κ1) is 16.9. The molecule has 1 aromatic carbocycles. The van der Waals surface area contributed by atoms with Gasteiger partial charge in [-0.05, 0) is 30.2 Å². The van der Waals surface area contributed by atoms with Gasteiger partial charge in [0.15, 0.2) is 0 Å². The lowest BCUT2D eigenvalue weighted by molar-refractivity contribution is -0.141. The van der Waals surface area contributed by atoms with E-state index in [2.05, 4.69) is 5.10 Å². The number of hydrogen-bond acceptors (Lipinski definition) is 4. The zero-order valence-corrected chi connectivity index (χ0v) is 15.1. The number of benzene rings is 1. The van der Waals surface area contributed by atoms with Crippen molar-refractivity contribution in [2.75, 3.05) is 31.1 Å². The van der Waals surface area contributed by atoms with Crippen LogP contribution in [0.15, 0.2) is 30.6 Å². The molecule has 4 rings (SSSR count). The highest BCUT2D eigenvalue weighted by atomic mass is 35.5. The second-order valence-corrected chi connectivity index (χ2v) is 7.08. The van der Waals surface area contributed by atoms with E-state index < -0.39 is 0 Å². The van der Waals surface area contributed by atoms with Crippen LogP contribution in [-0.4, -0.2) is 52.7 Å². The van der Waals surface area contributed by atoms with Crippen molar-refractivity contribution in [1.82, 2.24) is 14.7 Å². The van der Waals surface area contributed by atoms with Crippen molar-refractivity contribution in [1.29, 1.82) is 0 Å². The summed E-state index contributed by atoms with van der Waals surface area (Å²) in [4.78, 5) is 28.7. The highest BCUT2D eigenvalue weighted by Gasteiger charge is 2.34. The molecule has 2 aromatic rings. The summed E-state index contributed by atoms with van der Waals surface area (Å²) >= 11 is 6.04. The van der Waals surface area contributed by atoms with Gasteiger partial charge in [0.1, 0.15) is 18.9 Å². The van der Waals surface area contributed by atoms with Crippen LogP contribution in [0.5, 0.6) is 5.75 Å². The van der Waals surface area contributed by atoms with Crippen LogP contribution in [-0.2, 0) is 23.1 Å². The Morgan fingerprint density at radius 3 is 2.92 bits per heavy atom. The van der Waals surface area contributed by atoms with Crippen molar-refractivity contribution in [2.24, 2.45) is 13.0 Å². The number of carbonyl (C=O) groups is 2. The molecular weight excluding hydrogens is 356 g/mol. The molecule has 1 atom stereocenters. The summed E-state index contributed by atoms with van der Waals surface area (Å²) in [6.45, 7) is 1.36. The van der Waals surface area contributed by atoms with Crippen molar-refractivity contribution in [3.05, 3.63) is 41.2 Å². The minimum Gasteiger partial charge on any atom is -0.492 e. The molecule has 0 saturated carbocycles. The van der Waals surface area contributed by atoms with Crippen LogP contribution in [0, 0.1) is 5.92 Å². The van der Waals surface area contributed by atoms with Crippen LogP contribution >= 0.6 is 11.6 Å². The van der Waals surface area contributed by atoms with Gasteiger partial charge in [-0.15, -0.1) is 0 Å². The van der Waals surface area contributed by atoms with Crippen molar-refractivity contribution in [2.45, 2.75) is 6.42 Å². The minimum atomic E-state index is -0.293. The number of carbonyl (C=O) groups excluding carboxylic acids is 2. The topological polar surface area (TPSA) is 67.7 Å². The van der Waals surface area contributed by atoms with E-state index in [1.807, 2.05) is 12.1 Å². The molecule has 136 valence electrons. The molecule has 8 heteroatoms. The molecule has 0 bridgehead atoms. The Morgan fingerprint density at radius 1 is 1.35 bits per heavy atom. The summed E-state index contributed by atoms with van der Waals surface area (Å²) in [7, 11) is 1.81. The molecule has 7 nitrogen and oxygen atoms in total. The van der Waals surface area contributed by atoms with Gasteiger partial charge in [0.25, 0.3) is 0 Å². The Bertz CT molecular complexity index is 866. The van der Waals surface area contributed by atoms with Crippen LogP contribution in [0.1, 0.15) is 5.56 Å². The number of aromatic nitrogens is 2. The second kappa shape index (κ2) is 6.64. The van der Waals surface area contributed by atoms with Crippen LogP contribution in [0.2, 0.25) is 5.02 Å². The first-order valence-corrected chi connectivity index (χ1v) is 8.88. The van der Waals surface area contributed by atoms with Crippen LogP contribution < -0.4 is 9.64 Å². The van der Waals surface area contributed by atoms with Crippen LogP contribution in [0.4, 0.5) is 5.69 Å². The normalized spacial score (nSPS) is 19.9. The number of aryl methyl sites for hydroxylation is 1. The lowest BCUT2D eigenvalue weighted by Crippen LogP contribution is -2.54. The molecule has 1 unspecified atom stereocenters. The van der Waals surface area contributed by atoms with Gasteiger partial charge in [-0.2, -0.15) is 5.10 Å².